The van der Waals surface area contributed by atoms with Crippen molar-refractivity contribution in [2.24, 2.45) is 0 Å². The molecule has 7 heteroatoms. The van der Waals surface area contributed by atoms with E-state index < -0.39 is 0 Å². The number of nitrogens with one attached hydrogen (secondary N) is 1. The highest BCUT2D eigenvalue weighted by Gasteiger charge is 2.24. The molecule has 1 amide bonds. The Balaban J connectivity index is 0.00000288. The van der Waals surface area contributed by atoms with Crippen LogP contribution in [0, 0.1) is 6.92 Å². The SMILES string of the molecule is C=CCCCCCN(C)C(=O)c1nnn(C2CCNCC2)c1C.Cl. The van der Waals surface area contributed by atoms with E-state index in [0.29, 0.717) is 11.7 Å². The maximum atomic E-state index is 12.6. The molecule has 0 atom stereocenters. The third-order valence-corrected chi connectivity index (χ3v) is 4.53. The predicted octanol–water partition coefficient (Wildman–Crippen LogP) is 2.75. The predicted molar refractivity (Wildman–Crippen MR) is 98.8 cm³/mol. The van der Waals surface area contributed by atoms with Gasteiger partial charge in [-0.3, -0.25) is 4.79 Å². The van der Waals surface area contributed by atoms with Crippen LogP contribution in [0.5, 0.6) is 0 Å². The van der Waals surface area contributed by atoms with Crippen LogP contribution in [0.3, 0.4) is 0 Å². The lowest BCUT2D eigenvalue weighted by molar-refractivity contribution is 0.0786. The molecule has 1 fully saturated rings. The van der Waals surface area contributed by atoms with E-state index in [9.17, 15) is 4.79 Å². The molecule has 0 bridgehead atoms. The molecule has 0 aromatic carbocycles. The third kappa shape index (κ3) is 5.31. The highest BCUT2D eigenvalue weighted by Crippen LogP contribution is 2.20. The van der Waals surface area contributed by atoms with E-state index in [1.54, 1.807) is 4.90 Å². The van der Waals surface area contributed by atoms with Crippen molar-refractivity contribution < 1.29 is 4.79 Å². The summed E-state index contributed by atoms with van der Waals surface area (Å²) in [5.74, 6) is -0.0218. The molecule has 6 nitrogen and oxygen atoms in total. The highest BCUT2D eigenvalue weighted by molar-refractivity contribution is 5.93. The van der Waals surface area contributed by atoms with Gasteiger partial charge in [-0.2, -0.15) is 0 Å². The van der Waals surface area contributed by atoms with E-state index in [2.05, 4.69) is 22.2 Å². The molecule has 0 aliphatic carbocycles. The first-order valence-electron chi connectivity index (χ1n) is 8.64. The smallest absolute Gasteiger partial charge is 0.276 e. The third-order valence-electron chi connectivity index (χ3n) is 4.53. The van der Waals surface area contributed by atoms with Gasteiger partial charge in [0, 0.05) is 13.6 Å². The molecule has 136 valence electrons. The van der Waals surface area contributed by atoms with Crippen LogP contribution in [0.2, 0.25) is 0 Å². The lowest BCUT2D eigenvalue weighted by Crippen LogP contribution is -2.31. The molecule has 1 aliphatic heterocycles. The first kappa shape index (κ1) is 20.6. The standard InChI is InChI=1S/C17H29N5O.ClH/c1-4-5-6-7-8-13-21(3)17(23)16-14(2)22(20-19-16)15-9-11-18-12-10-15;/h4,15,18H,1,5-13H2,2-3H3;1H. The van der Waals surface area contributed by atoms with Gasteiger partial charge in [-0.1, -0.05) is 17.7 Å². The first-order valence-corrected chi connectivity index (χ1v) is 8.64. The van der Waals surface area contributed by atoms with Crippen LogP contribution in [-0.2, 0) is 0 Å². The Kier molecular flexibility index (Phi) is 9.00. The largest absolute Gasteiger partial charge is 0.340 e. The zero-order valence-electron chi connectivity index (χ0n) is 14.8. The van der Waals surface area contributed by atoms with Gasteiger partial charge in [0.1, 0.15) is 0 Å². The Morgan fingerprint density at radius 2 is 2.08 bits per heavy atom. The summed E-state index contributed by atoms with van der Waals surface area (Å²) in [7, 11) is 1.85. The van der Waals surface area contributed by atoms with Gasteiger partial charge in [0.25, 0.3) is 5.91 Å². The Hall–Kier alpha value is -1.40. The van der Waals surface area contributed by atoms with Crippen LogP contribution in [0.1, 0.15) is 60.7 Å². The summed E-state index contributed by atoms with van der Waals surface area (Å²) in [6.07, 6.45) is 8.32. The number of nitrogens with zero attached hydrogens (tertiary/aromatic N) is 4. The lowest BCUT2D eigenvalue weighted by atomic mass is 10.1. The summed E-state index contributed by atoms with van der Waals surface area (Å²) < 4.78 is 1.94. The second kappa shape index (κ2) is 10.5. The van der Waals surface area contributed by atoms with E-state index in [4.69, 9.17) is 0 Å². The number of rotatable bonds is 8. The molecular formula is C17H30ClN5O. The highest BCUT2D eigenvalue weighted by atomic mass is 35.5. The van der Waals surface area contributed by atoms with Gasteiger partial charge in [0.05, 0.1) is 11.7 Å². The van der Waals surface area contributed by atoms with Crippen molar-refractivity contribution in [3.05, 3.63) is 24.0 Å². The number of allylic oxidation sites excluding steroid dienone is 1. The second-order valence-electron chi connectivity index (χ2n) is 6.31. The van der Waals surface area contributed by atoms with E-state index in [-0.39, 0.29) is 18.3 Å². The molecule has 0 radical (unpaired) electrons. The van der Waals surface area contributed by atoms with Gasteiger partial charge in [-0.05, 0) is 52.1 Å². The van der Waals surface area contributed by atoms with E-state index in [1.165, 1.54) is 0 Å². The molecule has 1 saturated heterocycles. The maximum absolute atomic E-state index is 12.6. The second-order valence-corrected chi connectivity index (χ2v) is 6.31. The van der Waals surface area contributed by atoms with Crippen molar-refractivity contribution >= 4 is 18.3 Å². The monoisotopic (exact) mass is 355 g/mol. The molecule has 1 aromatic rings. The normalized spacial score (nSPS) is 14.9. The van der Waals surface area contributed by atoms with Crippen LogP contribution >= 0.6 is 12.4 Å². The minimum Gasteiger partial charge on any atom is -0.340 e. The molecule has 2 rings (SSSR count). The van der Waals surface area contributed by atoms with Crippen molar-refractivity contribution in [1.82, 2.24) is 25.2 Å². The first-order chi connectivity index (χ1) is 11.1. The summed E-state index contributed by atoms with van der Waals surface area (Å²) in [6, 6.07) is 0.356. The minimum atomic E-state index is -0.0218. The molecule has 0 saturated carbocycles. The van der Waals surface area contributed by atoms with Crippen molar-refractivity contribution in [3.8, 4) is 0 Å². The number of hydrogen-bond donors (Lipinski definition) is 1. The number of carbonyl (C=O) groups is 1. The van der Waals surface area contributed by atoms with Gasteiger partial charge in [-0.25, -0.2) is 4.68 Å². The fraction of sp³-hybridized carbons (Fsp3) is 0.706. The number of halogens is 1. The summed E-state index contributed by atoms with van der Waals surface area (Å²) in [4.78, 5) is 14.3. The molecule has 0 unspecified atom stereocenters. The number of hydrogen-bond acceptors (Lipinski definition) is 4. The molecule has 1 aromatic heterocycles. The van der Waals surface area contributed by atoms with Gasteiger partial charge in [0.2, 0.25) is 0 Å². The van der Waals surface area contributed by atoms with Crippen LogP contribution in [-0.4, -0.2) is 52.5 Å². The fourth-order valence-corrected chi connectivity index (χ4v) is 3.03. The Labute approximate surface area is 151 Å². The number of piperidine rings is 1. The number of carbonyl (C=O) groups excluding carboxylic acids is 1. The summed E-state index contributed by atoms with van der Waals surface area (Å²) >= 11 is 0. The maximum Gasteiger partial charge on any atom is 0.276 e. The van der Waals surface area contributed by atoms with Gasteiger partial charge >= 0.3 is 0 Å². The summed E-state index contributed by atoms with van der Waals surface area (Å²) in [5.41, 5.74) is 1.39. The quantitative estimate of drug-likeness (QED) is 0.575. The molecule has 2 heterocycles. The molecular weight excluding hydrogens is 326 g/mol. The van der Waals surface area contributed by atoms with E-state index in [1.807, 2.05) is 24.7 Å². The van der Waals surface area contributed by atoms with Crippen molar-refractivity contribution in [2.45, 2.75) is 51.5 Å². The van der Waals surface area contributed by atoms with Crippen molar-refractivity contribution in [1.29, 1.82) is 0 Å². The van der Waals surface area contributed by atoms with Crippen LogP contribution in [0.15, 0.2) is 12.7 Å². The summed E-state index contributed by atoms with van der Waals surface area (Å²) in [5, 5.41) is 11.7. The number of amides is 1. The van der Waals surface area contributed by atoms with E-state index >= 15 is 0 Å². The van der Waals surface area contributed by atoms with Crippen molar-refractivity contribution in [2.75, 3.05) is 26.7 Å². The Morgan fingerprint density at radius 1 is 1.38 bits per heavy atom. The van der Waals surface area contributed by atoms with Crippen LogP contribution in [0.25, 0.3) is 0 Å². The van der Waals surface area contributed by atoms with Crippen molar-refractivity contribution in [3.63, 3.8) is 0 Å². The zero-order valence-corrected chi connectivity index (χ0v) is 15.6. The lowest BCUT2D eigenvalue weighted by Gasteiger charge is -2.23. The van der Waals surface area contributed by atoms with E-state index in [0.717, 1.165) is 63.9 Å². The topological polar surface area (TPSA) is 63.1 Å². The molecule has 1 N–H and O–H groups in total. The van der Waals surface area contributed by atoms with Crippen LogP contribution in [0.4, 0.5) is 0 Å². The van der Waals surface area contributed by atoms with Gasteiger partial charge in [-0.15, -0.1) is 24.1 Å². The fourth-order valence-electron chi connectivity index (χ4n) is 3.03. The van der Waals surface area contributed by atoms with Crippen LogP contribution < -0.4 is 5.32 Å². The summed E-state index contributed by atoms with van der Waals surface area (Å²) in [6.45, 7) is 8.43. The van der Waals surface area contributed by atoms with Gasteiger partial charge < -0.3 is 10.2 Å². The Bertz CT molecular complexity index is 525. The number of aromatic nitrogens is 3. The average molecular weight is 356 g/mol. The zero-order chi connectivity index (χ0) is 16.7. The molecule has 0 spiro atoms. The average Bonchev–Trinajstić information content (AvgIpc) is 2.96. The minimum absolute atomic E-state index is 0. The molecule has 1 aliphatic rings. The number of unbranched alkanes of at least 4 members (excludes halogenated alkanes) is 3. The molecule has 24 heavy (non-hydrogen) atoms. The van der Waals surface area contributed by atoms with Gasteiger partial charge in [0.15, 0.2) is 5.69 Å². The Morgan fingerprint density at radius 3 is 2.75 bits per heavy atom.